The maximum Gasteiger partial charge on any atom is 0.231 e. The minimum absolute atomic E-state index is 0.201. The quantitative estimate of drug-likeness (QED) is 0.875. The molecule has 1 aliphatic heterocycles. The van der Waals surface area contributed by atoms with Crippen LogP contribution in [-0.2, 0) is 6.42 Å². The second kappa shape index (κ2) is 4.10. The van der Waals surface area contributed by atoms with Crippen molar-refractivity contribution in [3.63, 3.8) is 0 Å². The lowest BCUT2D eigenvalue weighted by Crippen LogP contribution is -1.96. The fourth-order valence-corrected chi connectivity index (χ4v) is 2.43. The Labute approximate surface area is 109 Å². The average molecular weight is 266 g/mol. The molecule has 3 N–H and O–H groups in total. The first-order valence-corrected chi connectivity index (χ1v) is 6.00. The van der Waals surface area contributed by atoms with Crippen molar-refractivity contribution in [1.82, 2.24) is 10.2 Å². The van der Waals surface area contributed by atoms with E-state index in [2.05, 4.69) is 10.2 Å². The number of anilines is 1. The first-order valence-electron chi connectivity index (χ1n) is 5.62. The number of rotatable bonds is 2. The molecule has 0 unspecified atom stereocenters. The van der Waals surface area contributed by atoms with Crippen LogP contribution in [0.15, 0.2) is 12.3 Å². The maximum atomic E-state index is 6.20. The summed E-state index contributed by atoms with van der Waals surface area (Å²) in [6.07, 6.45) is 2.48. The predicted molar refractivity (Wildman–Crippen MR) is 68.9 cm³/mol. The van der Waals surface area contributed by atoms with Gasteiger partial charge in [-0.05, 0) is 18.1 Å². The number of nitrogens with zero attached hydrogens (tertiary/aromatic N) is 1. The lowest BCUT2D eigenvalue weighted by molar-refractivity contribution is 0.173. The van der Waals surface area contributed by atoms with E-state index in [1.165, 1.54) is 0 Å². The van der Waals surface area contributed by atoms with Crippen LogP contribution in [0.25, 0.3) is 11.1 Å². The van der Waals surface area contributed by atoms with E-state index in [1.807, 2.05) is 13.0 Å². The Balaban J connectivity index is 2.27. The molecule has 0 atom stereocenters. The fourth-order valence-electron chi connectivity index (χ4n) is 2.18. The van der Waals surface area contributed by atoms with Gasteiger partial charge in [0.05, 0.1) is 11.2 Å². The van der Waals surface area contributed by atoms with E-state index in [4.69, 9.17) is 26.8 Å². The number of hydrogen-bond acceptors (Lipinski definition) is 4. The SMILES string of the molecule is CCc1c(-c2cn[nH]c2N)cc(Cl)c2c1OCO2. The number of nitrogen functional groups attached to an aromatic ring is 1. The molecule has 1 aromatic carbocycles. The molecule has 2 aromatic rings. The van der Waals surface area contributed by atoms with Crippen molar-refractivity contribution in [2.24, 2.45) is 0 Å². The van der Waals surface area contributed by atoms with Gasteiger partial charge in [0.25, 0.3) is 0 Å². The molecule has 0 saturated heterocycles. The van der Waals surface area contributed by atoms with Gasteiger partial charge in [-0.2, -0.15) is 5.10 Å². The van der Waals surface area contributed by atoms with Gasteiger partial charge >= 0.3 is 0 Å². The van der Waals surface area contributed by atoms with E-state index in [9.17, 15) is 0 Å². The highest BCUT2D eigenvalue weighted by atomic mass is 35.5. The normalized spacial score (nSPS) is 13.0. The molecule has 2 heterocycles. The number of fused-ring (bicyclic) bond motifs is 1. The zero-order valence-corrected chi connectivity index (χ0v) is 10.5. The first kappa shape index (κ1) is 11.2. The predicted octanol–water partition coefficient (Wildman–Crippen LogP) is 2.60. The number of nitrogens with two attached hydrogens (primary N) is 1. The average Bonchev–Trinajstić information content (AvgIpc) is 2.97. The smallest absolute Gasteiger partial charge is 0.231 e. The van der Waals surface area contributed by atoms with Crippen molar-refractivity contribution < 1.29 is 9.47 Å². The Bertz CT molecular complexity index is 610. The van der Waals surface area contributed by atoms with Gasteiger partial charge in [-0.25, -0.2) is 0 Å². The molecule has 1 aliphatic rings. The molecule has 0 fully saturated rings. The minimum atomic E-state index is 0.201. The Kier molecular flexibility index (Phi) is 2.56. The first-order chi connectivity index (χ1) is 8.72. The molecule has 0 saturated carbocycles. The van der Waals surface area contributed by atoms with Gasteiger partial charge in [0, 0.05) is 11.1 Å². The van der Waals surface area contributed by atoms with Gasteiger partial charge in [0.1, 0.15) is 5.82 Å². The molecule has 0 spiro atoms. The Morgan fingerprint density at radius 3 is 2.83 bits per heavy atom. The van der Waals surface area contributed by atoms with E-state index < -0.39 is 0 Å². The molecule has 0 amide bonds. The van der Waals surface area contributed by atoms with Crippen LogP contribution in [0.4, 0.5) is 5.82 Å². The number of aromatic nitrogens is 2. The van der Waals surface area contributed by atoms with Crippen LogP contribution in [0.5, 0.6) is 11.5 Å². The van der Waals surface area contributed by atoms with Gasteiger partial charge in [-0.1, -0.05) is 18.5 Å². The molecule has 0 aliphatic carbocycles. The van der Waals surface area contributed by atoms with E-state index >= 15 is 0 Å². The van der Waals surface area contributed by atoms with E-state index in [0.29, 0.717) is 22.3 Å². The standard InChI is InChI=1S/C12H12ClN3O2/c1-2-6-7(8-4-15-16-12(8)14)3-9(13)11-10(6)17-5-18-11/h3-4H,2,5H2,1H3,(H3,14,15,16). The zero-order valence-electron chi connectivity index (χ0n) is 9.79. The second-order valence-electron chi connectivity index (χ2n) is 4.00. The summed E-state index contributed by atoms with van der Waals surface area (Å²) in [5, 5.41) is 7.17. The molecule has 0 bridgehead atoms. The number of hydrogen-bond donors (Lipinski definition) is 2. The molecule has 3 rings (SSSR count). The second-order valence-corrected chi connectivity index (χ2v) is 4.41. The summed E-state index contributed by atoms with van der Waals surface area (Å²) in [5.74, 6) is 1.83. The van der Waals surface area contributed by atoms with E-state index in [1.54, 1.807) is 6.20 Å². The highest BCUT2D eigenvalue weighted by Gasteiger charge is 2.25. The molecule has 6 heteroatoms. The number of aromatic amines is 1. The highest BCUT2D eigenvalue weighted by molar-refractivity contribution is 6.32. The van der Waals surface area contributed by atoms with Crippen molar-refractivity contribution in [1.29, 1.82) is 0 Å². The summed E-state index contributed by atoms with van der Waals surface area (Å²) < 4.78 is 10.9. The van der Waals surface area contributed by atoms with Crippen LogP contribution in [0, 0.1) is 0 Å². The van der Waals surface area contributed by atoms with Crippen molar-refractivity contribution in [2.45, 2.75) is 13.3 Å². The van der Waals surface area contributed by atoms with E-state index in [0.717, 1.165) is 23.1 Å². The fraction of sp³-hybridized carbons (Fsp3) is 0.250. The summed E-state index contributed by atoms with van der Waals surface area (Å²) in [7, 11) is 0. The molecule has 94 valence electrons. The van der Waals surface area contributed by atoms with Crippen LogP contribution in [0.2, 0.25) is 5.02 Å². The van der Waals surface area contributed by atoms with Crippen molar-refractivity contribution in [3.8, 4) is 22.6 Å². The third-order valence-electron chi connectivity index (χ3n) is 3.01. The van der Waals surface area contributed by atoms with Gasteiger partial charge in [-0.3, -0.25) is 5.10 Å². The number of ether oxygens (including phenoxy) is 2. The van der Waals surface area contributed by atoms with E-state index in [-0.39, 0.29) is 6.79 Å². The van der Waals surface area contributed by atoms with Crippen LogP contribution < -0.4 is 15.2 Å². The Hall–Kier alpha value is -1.88. The largest absolute Gasteiger partial charge is 0.453 e. The summed E-state index contributed by atoms with van der Waals surface area (Å²) in [6, 6.07) is 1.84. The number of benzene rings is 1. The lowest BCUT2D eigenvalue weighted by atomic mass is 9.98. The lowest BCUT2D eigenvalue weighted by Gasteiger charge is -2.11. The summed E-state index contributed by atoms with van der Waals surface area (Å²) >= 11 is 6.20. The number of halogens is 1. The molecule has 5 nitrogen and oxygen atoms in total. The Morgan fingerprint density at radius 2 is 2.17 bits per heavy atom. The topological polar surface area (TPSA) is 73.2 Å². The van der Waals surface area contributed by atoms with Gasteiger partial charge in [-0.15, -0.1) is 0 Å². The van der Waals surface area contributed by atoms with Crippen LogP contribution in [0.1, 0.15) is 12.5 Å². The minimum Gasteiger partial charge on any atom is -0.453 e. The maximum absolute atomic E-state index is 6.20. The van der Waals surface area contributed by atoms with Crippen LogP contribution in [-0.4, -0.2) is 17.0 Å². The molecular weight excluding hydrogens is 254 g/mol. The summed E-state index contributed by atoms with van der Waals surface area (Å²) in [5.41, 5.74) is 8.64. The zero-order chi connectivity index (χ0) is 12.7. The molecule has 0 radical (unpaired) electrons. The molecule has 18 heavy (non-hydrogen) atoms. The monoisotopic (exact) mass is 265 g/mol. The van der Waals surface area contributed by atoms with Crippen molar-refractivity contribution in [2.75, 3.05) is 12.5 Å². The Morgan fingerprint density at radius 1 is 1.39 bits per heavy atom. The number of H-pyrrole nitrogens is 1. The van der Waals surface area contributed by atoms with Crippen molar-refractivity contribution in [3.05, 3.63) is 22.8 Å². The van der Waals surface area contributed by atoms with Crippen LogP contribution >= 0.6 is 11.6 Å². The third kappa shape index (κ3) is 1.51. The summed E-state index contributed by atoms with van der Waals surface area (Å²) in [4.78, 5) is 0. The van der Waals surface area contributed by atoms with Gasteiger partial charge in [0.2, 0.25) is 6.79 Å². The van der Waals surface area contributed by atoms with Gasteiger partial charge < -0.3 is 15.2 Å². The number of nitrogens with one attached hydrogen (secondary N) is 1. The molecular formula is C12H12ClN3O2. The van der Waals surface area contributed by atoms with Crippen LogP contribution in [0.3, 0.4) is 0 Å². The highest BCUT2D eigenvalue weighted by Crippen LogP contribution is 2.47. The molecule has 1 aromatic heterocycles. The van der Waals surface area contributed by atoms with Gasteiger partial charge in [0.15, 0.2) is 11.5 Å². The third-order valence-corrected chi connectivity index (χ3v) is 3.29. The van der Waals surface area contributed by atoms with Crippen molar-refractivity contribution >= 4 is 17.4 Å². The summed E-state index contributed by atoms with van der Waals surface area (Å²) in [6.45, 7) is 2.25.